The molecule has 5 heteroatoms. The van der Waals surface area contributed by atoms with Crippen LogP contribution in [0.3, 0.4) is 0 Å². The van der Waals surface area contributed by atoms with Crippen LogP contribution in [0.1, 0.15) is 17.7 Å². The molecule has 0 fully saturated rings. The van der Waals surface area contributed by atoms with Gasteiger partial charge in [0.2, 0.25) is 9.84 Å². The van der Waals surface area contributed by atoms with Crippen LogP contribution in [0.5, 0.6) is 0 Å². The van der Waals surface area contributed by atoms with Crippen LogP contribution in [0.15, 0.2) is 53.7 Å². The van der Waals surface area contributed by atoms with E-state index in [0.29, 0.717) is 5.56 Å². The van der Waals surface area contributed by atoms with Gasteiger partial charge in [-0.05, 0) is 36.8 Å². The summed E-state index contributed by atoms with van der Waals surface area (Å²) in [6, 6.07) is 10.2. The average molecular weight is 265 g/mol. The zero-order chi connectivity index (χ0) is 13.2. The number of hydrogen-bond acceptors (Lipinski definition) is 3. The summed E-state index contributed by atoms with van der Waals surface area (Å²) in [6.45, 7) is 1.57. The summed E-state index contributed by atoms with van der Waals surface area (Å²) in [5.41, 5.74) is 0.544. The van der Waals surface area contributed by atoms with Gasteiger partial charge >= 0.3 is 0 Å². The quantitative estimate of drug-likeness (QED) is 0.857. The van der Waals surface area contributed by atoms with Gasteiger partial charge in [0.15, 0.2) is 5.03 Å². The third kappa shape index (κ3) is 2.41. The lowest BCUT2D eigenvalue weighted by Crippen LogP contribution is -2.12. The molecule has 2 rings (SSSR count). The number of halogens is 1. The lowest BCUT2D eigenvalue weighted by Gasteiger charge is -2.12. The third-order valence-corrected chi connectivity index (χ3v) is 4.76. The number of sulfone groups is 1. The highest BCUT2D eigenvalue weighted by atomic mass is 32.2. The van der Waals surface area contributed by atoms with E-state index in [2.05, 4.69) is 4.98 Å². The van der Waals surface area contributed by atoms with Crippen LogP contribution in [0.2, 0.25) is 0 Å². The van der Waals surface area contributed by atoms with E-state index in [9.17, 15) is 12.8 Å². The predicted octanol–water partition coefficient (Wildman–Crippen LogP) is 2.76. The van der Waals surface area contributed by atoms with Gasteiger partial charge in [-0.2, -0.15) is 0 Å². The first-order valence-corrected chi connectivity index (χ1v) is 6.97. The smallest absolute Gasteiger partial charge is 0.202 e. The minimum absolute atomic E-state index is 0.0295. The molecular weight excluding hydrogens is 253 g/mol. The molecule has 3 nitrogen and oxygen atoms in total. The van der Waals surface area contributed by atoms with Crippen molar-refractivity contribution in [1.29, 1.82) is 0 Å². The van der Waals surface area contributed by atoms with Gasteiger partial charge < -0.3 is 0 Å². The van der Waals surface area contributed by atoms with Crippen molar-refractivity contribution in [2.45, 2.75) is 17.2 Å². The summed E-state index contributed by atoms with van der Waals surface area (Å²) in [4.78, 5) is 3.85. The second-order valence-corrected chi connectivity index (χ2v) is 6.12. The largest absolute Gasteiger partial charge is 0.245 e. The van der Waals surface area contributed by atoms with E-state index in [0.717, 1.165) is 0 Å². The molecule has 0 aliphatic heterocycles. The highest BCUT2D eigenvalue weighted by molar-refractivity contribution is 7.91. The Kier molecular flexibility index (Phi) is 3.43. The Bertz CT molecular complexity index is 624. The Morgan fingerprint density at radius 2 is 1.78 bits per heavy atom. The molecule has 0 radical (unpaired) electrons. The van der Waals surface area contributed by atoms with Gasteiger partial charge in [-0.25, -0.2) is 17.8 Å². The summed E-state index contributed by atoms with van der Waals surface area (Å²) in [7, 11) is -3.54. The molecule has 1 aromatic heterocycles. The molecule has 1 aromatic carbocycles. The van der Waals surface area contributed by atoms with Crippen molar-refractivity contribution in [3.05, 3.63) is 60.0 Å². The minimum atomic E-state index is -3.54. The maximum atomic E-state index is 12.8. The Morgan fingerprint density at radius 3 is 2.33 bits per heavy atom. The van der Waals surface area contributed by atoms with Crippen LogP contribution >= 0.6 is 0 Å². The highest BCUT2D eigenvalue weighted by Crippen LogP contribution is 2.27. The fraction of sp³-hybridized carbons (Fsp3) is 0.154. The minimum Gasteiger partial charge on any atom is -0.245 e. The van der Waals surface area contributed by atoms with Crippen molar-refractivity contribution >= 4 is 9.84 Å². The SMILES string of the molecule is CC(c1ccc(F)cc1)S(=O)(=O)c1ccccn1. The van der Waals surface area contributed by atoms with Gasteiger partial charge in [0, 0.05) is 6.20 Å². The molecule has 0 saturated heterocycles. The summed E-state index contributed by atoms with van der Waals surface area (Å²) < 4.78 is 37.3. The van der Waals surface area contributed by atoms with Gasteiger partial charge in [0.1, 0.15) is 5.82 Å². The topological polar surface area (TPSA) is 47.0 Å². The van der Waals surface area contributed by atoms with Crippen LogP contribution in [0.25, 0.3) is 0 Å². The van der Waals surface area contributed by atoms with E-state index in [1.807, 2.05) is 0 Å². The average Bonchev–Trinajstić information content (AvgIpc) is 2.40. The predicted molar refractivity (Wildman–Crippen MR) is 66.2 cm³/mol. The normalized spacial score (nSPS) is 13.2. The van der Waals surface area contributed by atoms with E-state index < -0.39 is 15.1 Å². The monoisotopic (exact) mass is 265 g/mol. The lowest BCUT2D eigenvalue weighted by atomic mass is 10.2. The molecule has 0 aliphatic rings. The molecule has 1 heterocycles. The molecule has 18 heavy (non-hydrogen) atoms. The van der Waals surface area contributed by atoms with E-state index >= 15 is 0 Å². The van der Waals surface area contributed by atoms with Crippen molar-refractivity contribution in [2.75, 3.05) is 0 Å². The molecule has 0 bridgehead atoms. The fourth-order valence-corrected chi connectivity index (χ4v) is 2.96. The molecule has 0 aliphatic carbocycles. The van der Waals surface area contributed by atoms with Crippen LogP contribution in [-0.2, 0) is 9.84 Å². The van der Waals surface area contributed by atoms with E-state index in [1.54, 1.807) is 19.1 Å². The molecule has 1 unspecified atom stereocenters. The number of pyridine rings is 1. The summed E-state index contributed by atoms with van der Waals surface area (Å²) >= 11 is 0. The maximum Gasteiger partial charge on any atom is 0.202 e. The van der Waals surface area contributed by atoms with Crippen molar-refractivity contribution < 1.29 is 12.8 Å². The van der Waals surface area contributed by atoms with Crippen LogP contribution in [0, 0.1) is 5.82 Å². The first-order chi connectivity index (χ1) is 8.51. The van der Waals surface area contributed by atoms with E-state index in [4.69, 9.17) is 0 Å². The zero-order valence-electron chi connectivity index (χ0n) is 9.75. The van der Waals surface area contributed by atoms with Crippen LogP contribution < -0.4 is 0 Å². The zero-order valence-corrected chi connectivity index (χ0v) is 10.6. The van der Waals surface area contributed by atoms with Gasteiger partial charge in [-0.3, -0.25) is 0 Å². The Hall–Kier alpha value is -1.75. The molecule has 2 aromatic rings. The lowest BCUT2D eigenvalue weighted by molar-refractivity contribution is 0.581. The molecule has 0 spiro atoms. The number of benzene rings is 1. The van der Waals surface area contributed by atoms with E-state index in [1.165, 1.54) is 36.5 Å². The molecule has 1 atom stereocenters. The number of nitrogens with zero attached hydrogens (tertiary/aromatic N) is 1. The summed E-state index contributed by atoms with van der Waals surface area (Å²) in [5, 5.41) is -0.727. The Balaban J connectivity index is 2.39. The van der Waals surface area contributed by atoms with Gasteiger partial charge in [0.25, 0.3) is 0 Å². The number of rotatable bonds is 3. The standard InChI is InChI=1S/C13H12FNO2S/c1-10(11-5-7-12(14)8-6-11)18(16,17)13-4-2-3-9-15-13/h2-10H,1H3. The van der Waals surface area contributed by atoms with Gasteiger partial charge in [-0.1, -0.05) is 18.2 Å². The Morgan fingerprint density at radius 1 is 1.11 bits per heavy atom. The second-order valence-electron chi connectivity index (χ2n) is 3.91. The van der Waals surface area contributed by atoms with Crippen molar-refractivity contribution in [3.63, 3.8) is 0 Å². The van der Waals surface area contributed by atoms with Crippen molar-refractivity contribution in [3.8, 4) is 0 Å². The summed E-state index contributed by atoms with van der Waals surface area (Å²) in [5.74, 6) is -0.388. The number of aromatic nitrogens is 1. The number of hydrogen-bond donors (Lipinski definition) is 0. The van der Waals surface area contributed by atoms with Crippen molar-refractivity contribution in [2.24, 2.45) is 0 Å². The Labute approximate surface area is 105 Å². The third-order valence-electron chi connectivity index (χ3n) is 2.73. The van der Waals surface area contributed by atoms with Crippen molar-refractivity contribution in [1.82, 2.24) is 4.98 Å². The van der Waals surface area contributed by atoms with E-state index in [-0.39, 0.29) is 10.8 Å². The summed E-state index contributed by atoms with van der Waals surface area (Å²) in [6.07, 6.45) is 1.43. The molecule has 0 N–H and O–H groups in total. The molecule has 0 saturated carbocycles. The van der Waals surface area contributed by atoms with Gasteiger partial charge in [0.05, 0.1) is 5.25 Å². The first kappa shape index (κ1) is 12.7. The maximum absolute atomic E-state index is 12.8. The molecule has 0 amide bonds. The van der Waals surface area contributed by atoms with Gasteiger partial charge in [-0.15, -0.1) is 0 Å². The molecule has 94 valence electrons. The van der Waals surface area contributed by atoms with Crippen LogP contribution in [0.4, 0.5) is 4.39 Å². The molecular formula is C13H12FNO2S. The second kappa shape index (κ2) is 4.86. The van der Waals surface area contributed by atoms with Crippen LogP contribution in [-0.4, -0.2) is 13.4 Å². The highest BCUT2D eigenvalue weighted by Gasteiger charge is 2.25. The fourth-order valence-electron chi connectivity index (χ4n) is 1.61. The first-order valence-electron chi connectivity index (χ1n) is 5.42.